The molecule has 0 aromatic heterocycles. The summed E-state index contributed by atoms with van der Waals surface area (Å²) in [4.78, 5) is 28.8. The number of hydrogen-bond acceptors (Lipinski definition) is 4. The van der Waals surface area contributed by atoms with Crippen molar-refractivity contribution in [3.63, 3.8) is 0 Å². The quantitative estimate of drug-likeness (QED) is 0.678. The Hall–Kier alpha value is -3.08. The Morgan fingerprint density at radius 3 is 2.42 bits per heavy atom. The molecule has 0 saturated heterocycles. The van der Waals surface area contributed by atoms with Crippen LogP contribution in [0.15, 0.2) is 60.2 Å². The first-order valence-corrected chi connectivity index (χ1v) is 10.6. The van der Waals surface area contributed by atoms with Crippen LogP contribution >= 0.6 is 0 Å². The number of benzene rings is 2. The van der Waals surface area contributed by atoms with E-state index in [1.54, 1.807) is 14.2 Å². The summed E-state index contributed by atoms with van der Waals surface area (Å²) in [5.74, 6) is 1.65. The van der Waals surface area contributed by atoms with Crippen LogP contribution in [0.2, 0.25) is 0 Å². The molecule has 1 saturated carbocycles. The summed E-state index contributed by atoms with van der Waals surface area (Å²) in [6.45, 7) is 4.80. The summed E-state index contributed by atoms with van der Waals surface area (Å²) >= 11 is 0. The van der Waals surface area contributed by atoms with E-state index in [0.29, 0.717) is 37.4 Å². The molecule has 1 fully saturated rings. The first kappa shape index (κ1) is 21.2. The number of carbonyl (C=O) groups is 2. The highest BCUT2D eigenvalue weighted by Crippen LogP contribution is 2.53. The van der Waals surface area contributed by atoms with Crippen molar-refractivity contribution >= 4 is 11.7 Å². The molecular formula is C26H29NO4. The number of amides is 1. The lowest BCUT2D eigenvalue weighted by Gasteiger charge is -2.50. The second-order valence-electron chi connectivity index (χ2n) is 8.80. The molecule has 2 aromatic rings. The number of ether oxygens (including phenoxy) is 2. The minimum absolute atomic E-state index is 0.0506. The first-order valence-electron chi connectivity index (χ1n) is 10.6. The van der Waals surface area contributed by atoms with Gasteiger partial charge in [-0.3, -0.25) is 9.59 Å². The minimum atomic E-state index is -0.809. The molecular weight excluding hydrogens is 390 g/mol. The number of methoxy groups -OCH3 is 2. The fraction of sp³-hybridized carbons (Fsp3) is 0.385. The fourth-order valence-corrected chi connectivity index (χ4v) is 5.11. The number of nitrogens with zero attached hydrogens (tertiary/aromatic N) is 1. The smallest absolute Gasteiger partial charge is 0.237 e. The van der Waals surface area contributed by atoms with E-state index in [0.717, 1.165) is 16.7 Å². The molecule has 1 aliphatic heterocycles. The SMILES string of the molecule is COc1ccc(CN2CC=C3C(C)(C)C(=O)CCC3(c3ccccc3)C2=O)c(OC)c1. The van der Waals surface area contributed by atoms with Gasteiger partial charge in [0.2, 0.25) is 5.91 Å². The summed E-state index contributed by atoms with van der Waals surface area (Å²) in [6.07, 6.45) is 2.99. The van der Waals surface area contributed by atoms with Crippen molar-refractivity contribution in [3.8, 4) is 11.5 Å². The van der Waals surface area contributed by atoms with Crippen molar-refractivity contribution in [1.29, 1.82) is 0 Å². The van der Waals surface area contributed by atoms with Crippen molar-refractivity contribution in [2.24, 2.45) is 5.41 Å². The number of rotatable bonds is 5. The van der Waals surface area contributed by atoms with Crippen LogP contribution in [-0.4, -0.2) is 37.4 Å². The van der Waals surface area contributed by atoms with Gasteiger partial charge in [0.15, 0.2) is 0 Å². The lowest BCUT2D eigenvalue weighted by atomic mass is 9.55. The molecule has 2 aliphatic rings. The molecule has 1 amide bonds. The summed E-state index contributed by atoms with van der Waals surface area (Å²) in [5.41, 5.74) is 1.34. The third kappa shape index (κ3) is 3.32. The number of carbonyl (C=O) groups excluding carboxylic acids is 2. The van der Waals surface area contributed by atoms with Crippen molar-refractivity contribution in [2.75, 3.05) is 20.8 Å². The Bertz CT molecular complexity index is 1040. The summed E-state index contributed by atoms with van der Waals surface area (Å²) in [5, 5.41) is 0. The molecule has 1 heterocycles. The molecule has 5 heteroatoms. The molecule has 162 valence electrons. The van der Waals surface area contributed by atoms with Gasteiger partial charge >= 0.3 is 0 Å². The van der Waals surface area contributed by atoms with Crippen molar-refractivity contribution in [1.82, 2.24) is 4.90 Å². The van der Waals surface area contributed by atoms with Gasteiger partial charge in [-0.05, 0) is 43.5 Å². The molecule has 4 rings (SSSR count). The second-order valence-corrected chi connectivity index (χ2v) is 8.80. The molecule has 0 bridgehead atoms. The lowest BCUT2D eigenvalue weighted by molar-refractivity contribution is -0.141. The largest absolute Gasteiger partial charge is 0.497 e. The molecule has 5 nitrogen and oxygen atoms in total. The summed E-state index contributed by atoms with van der Waals surface area (Å²) in [6, 6.07) is 15.5. The number of hydrogen-bond donors (Lipinski definition) is 0. The predicted octanol–water partition coefficient (Wildman–Crippen LogP) is 4.30. The van der Waals surface area contributed by atoms with Gasteiger partial charge in [-0.2, -0.15) is 0 Å². The normalized spacial score (nSPS) is 22.6. The van der Waals surface area contributed by atoms with Crippen LogP contribution in [0.4, 0.5) is 0 Å². The zero-order valence-corrected chi connectivity index (χ0v) is 18.6. The van der Waals surface area contributed by atoms with Gasteiger partial charge in [0.05, 0.1) is 19.6 Å². The Balaban J connectivity index is 1.78. The van der Waals surface area contributed by atoms with Crippen LogP contribution in [0.3, 0.4) is 0 Å². The second kappa shape index (κ2) is 7.88. The van der Waals surface area contributed by atoms with Crippen LogP contribution in [0.1, 0.15) is 37.8 Å². The van der Waals surface area contributed by atoms with E-state index in [2.05, 4.69) is 6.08 Å². The number of Topliss-reactive ketones (excluding diaryl/α,β-unsaturated/α-hetero) is 1. The Morgan fingerprint density at radius 1 is 1.00 bits per heavy atom. The maximum Gasteiger partial charge on any atom is 0.237 e. The first-order chi connectivity index (χ1) is 14.8. The van der Waals surface area contributed by atoms with Gasteiger partial charge in [-0.15, -0.1) is 0 Å². The van der Waals surface area contributed by atoms with Crippen molar-refractivity contribution < 1.29 is 19.1 Å². The van der Waals surface area contributed by atoms with E-state index in [1.165, 1.54) is 0 Å². The molecule has 1 unspecified atom stereocenters. The molecule has 31 heavy (non-hydrogen) atoms. The number of fused-ring (bicyclic) bond motifs is 1. The Morgan fingerprint density at radius 2 is 1.74 bits per heavy atom. The molecule has 2 aromatic carbocycles. The topological polar surface area (TPSA) is 55.8 Å². The van der Waals surface area contributed by atoms with Crippen LogP contribution in [-0.2, 0) is 21.5 Å². The van der Waals surface area contributed by atoms with E-state index in [4.69, 9.17) is 9.47 Å². The van der Waals surface area contributed by atoms with E-state index in [9.17, 15) is 9.59 Å². The highest BCUT2D eigenvalue weighted by molar-refractivity contribution is 6.00. The van der Waals surface area contributed by atoms with Crippen LogP contribution in [0, 0.1) is 5.41 Å². The molecule has 0 N–H and O–H groups in total. The van der Waals surface area contributed by atoms with E-state index in [-0.39, 0.29) is 11.7 Å². The summed E-state index contributed by atoms with van der Waals surface area (Å²) < 4.78 is 10.8. The van der Waals surface area contributed by atoms with Crippen molar-refractivity contribution in [3.05, 3.63) is 71.3 Å². The molecule has 1 aliphatic carbocycles. The monoisotopic (exact) mass is 419 g/mol. The minimum Gasteiger partial charge on any atom is -0.497 e. The molecule has 0 spiro atoms. The maximum atomic E-state index is 14.1. The lowest BCUT2D eigenvalue weighted by Crippen LogP contribution is -2.57. The highest BCUT2D eigenvalue weighted by atomic mass is 16.5. The maximum absolute atomic E-state index is 14.1. The average Bonchev–Trinajstić information content (AvgIpc) is 2.79. The van der Waals surface area contributed by atoms with Gasteiger partial charge in [-0.1, -0.05) is 36.4 Å². The van der Waals surface area contributed by atoms with Crippen LogP contribution in [0.5, 0.6) is 11.5 Å². The van der Waals surface area contributed by atoms with Crippen LogP contribution in [0.25, 0.3) is 0 Å². The van der Waals surface area contributed by atoms with Crippen molar-refractivity contribution in [2.45, 2.75) is 38.6 Å². The van der Waals surface area contributed by atoms with Gasteiger partial charge in [-0.25, -0.2) is 0 Å². The standard InChI is InChI=1S/C26H29NO4/c1-25(2)22-13-15-27(17-18-10-11-20(30-3)16-21(18)31-4)24(29)26(22,14-12-23(25)28)19-8-6-5-7-9-19/h5-11,13,16H,12,14-15,17H2,1-4H3. The van der Waals surface area contributed by atoms with E-state index in [1.807, 2.05) is 67.3 Å². The third-order valence-electron chi connectivity index (χ3n) is 6.85. The zero-order valence-electron chi connectivity index (χ0n) is 18.6. The van der Waals surface area contributed by atoms with E-state index < -0.39 is 10.8 Å². The van der Waals surface area contributed by atoms with E-state index >= 15 is 0 Å². The zero-order chi connectivity index (χ0) is 22.2. The molecule has 1 atom stereocenters. The Kier molecular flexibility index (Phi) is 5.38. The predicted molar refractivity (Wildman–Crippen MR) is 119 cm³/mol. The van der Waals surface area contributed by atoms with Gasteiger partial charge < -0.3 is 14.4 Å². The summed E-state index contributed by atoms with van der Waals surface area (Å²) in [7, 11) is 3.24. The van der Waals surface area contributed by atoms with Gasteiger partial charge in [0.25, 0.3) is 0 Å². The average molecular weight is 420 g/mol. The van der Waals surface area contributed by atoms with Gasteiger partial charge in [0.1, 0.15) is 17.3 Å². The highest BCUT2D eigenvalue weighted by Gasteiger charge is 2.56. The molecule has 0 radical (unpaired) electrons. The van der Waals surface area contributed by atoms with Crippen LogP contribution < -0.4 is 9.47 Å². The van der Waals surface area contributed by atoms with Gasteiger partial charge in [0, 0.05) is 36.6 Å². The number of ketones is 1. The fourth-order valence-electron chi connectivity index (χ4n) is 5.11. The Labute approximate surface area is 183 Å². The third-order valence-corrected chi connectivity index (χ3v) is 6.85.